The summed E-state index contributed by atoms with van der Waals surface area (Å²) in [6, 6.07) is 3.65. The van der Waals surface area contributed by atoms with E-state index in [9.17, 15) is 9.59 Å². The fourth-order valence-corrected chi connectivity index (χ4v) is 3.73. The van der Waals surface area contributed by atoms with Crippen LogP contribution in [0, 0.1) is 5.92 Å². The summed E-state index contributed by atoms with van der Waals surface area (Å²) < 4.78 is 0. The molecule has 114 valence electrons. The lowest BCUT2D eigenvalue weighted by Crippen LogP contribution is -2.62. The first-order chi connectivity index (χ1) is 10.1. The molecule has 21 heavy (non-hydrogen) atoms. The predicted molar refractivity (Wildman–Crippen MR) is 81.8 cm³/mol. The third-order valence-corrected chi connectivity index (χ3v) is 5.14. The lowest BCUT2D eigenvalue weighted by molar-refractivity contribution is -0.148. The standard InChI is InChI=1S/C15H21N3O2S/c1-9(2)13-15(20)18-8-10(6-12(18)14(19)17-13)16-7-11-4-3-5-21-11/h3-5,9-10,12-13,16H,6-8H2,1-2H3,(H,17,19)/t10-,12-,13-/m0/s1. The summed E-state index contributed by atoms with van der Waals surface area (Å²) >= 11 is 1.71. The van der Waals surface area contributed by atoms with Crippen LogP contribution in [0.2, 0.25) is 0 Å². The van der Waals surface area contributed by atoms with Gasteiger partial charge in [0, 0.05) is 24.0 Å². The van der Waals surface area contributed by atoms with Crippen LogP contribution in [0.5, 0.6) is 0 Å². The first kappa shape index (κ1) is 14.5. The minimum Gasteiger partial charge on any atom is -0.342 e. The van der Waals surface area contributed by atoms with Crippen molar-refractivity contribution in [1.82, 2.24) is 15.5 Å². The maximum absolute atomic E-state index is 12.5. The minimum absolute atomic E-state index is 0.00581. The van der Waals surface area contributed by atoms with Crippen LogP contribution in [0.3, 0.4) is 0 Å². The highest BCUT2D eigenvalue weighted by Gasteiger charge is 2.46. The van der Waals surface area contributed by atoms with Crippen LogP contribution in [0.4, 0.5) is 0 Å². The number of fused-ring (bicyclic) bond motifs is 1. The predicted octanol–water partition coefficient (Wildman–Crippen LogP) is 0.962. The van der Waals surface area contributed by atoms with Gasteiger partial charge in [-0.25, -0.2) is 0 Å². The second-order valence-corrected chi connectivity index (χ2v) is 7.16. The van der Waals surface area contributed by atoms with E-state index < -0.39 is 0 Å². The number of nitrogens with one attached hydrogen (secondary N) is 2. The van der Waals surface area contributed by atoms with E-state index in [1.165, 1.54) is 4.88 Å². The molecule has 5 nitrogen and oxygen atoms in total. The molecule has 0 aliphatic carbocycles. The van der Waals surface area contributed by atoms with Gasteiger partial charge in [-0.2, -0.15) is 0 Å². The normalized spacial score (nSPS) is 28.9. The van der Waals surface area contributed by atoms with E-state index in [1.54, 1.807) is 16.2 Å². The van der Waals surface area contributed by atoms with Crippen molar-refractivity contribution in [2.45, 2.75) is 44.9 Å². The Balaban J connectivity index is 1.64. The number of hydrogen-bond acceptors (Lipinski definition) is 4. The summed E-state index contributed by atoms with van der Waals surface area (Å²) in [6.45, 7) is 5.36. The first-order valence-corrected chi connectivity index (χ1v) is 8.31. The second kappa shape index (κ2) is 5.77. The molecule has 3 heterocycles. The van der Waals surface area contributed by atoms with Gasteiger partial charge in [-0.15, -0.1) is 11.3 Å². The molecule has 2 aliphatic heterocycles. The number of rotatable bonds is 4. The second-order valence-electron chi connectivity index (χ2n) is 6.13. The molecule has 2 aliphatic rings. The maximum Gasteiger partial charge on any atom is 0.246 e. The lowest BCUT2D eigenvalue weighted by atomic mass is 9.98. The highest BCUT2D eigenvalue weighted by Crippen LogP contribution is 2.25. The fraction of sp³-hybridized carbons (Fsp3) is 0.600. The molecule has 1 aromatic rings. The van der Waals surface area contributed by atoms with Crippen LogP contribution in [0.1, 0.15) is 25.1 Å². The van der Waals surface area contributed by atoms with Gasteiger partial charge in [0.05, 0.1) is 0 Å². The SMILES string of the molecule is CC(C)[C@@H]1NC(=O)[C@@H]2C[C@H](NCc3cccs3)CN2C1=O. The van der Waals surface area contributed by atoms with Crippen LogP contribution in [-0.2, 0) is 16.1 Å². The highest BCUT2D eigenvalue weighted by atomic mass is 32.1. The molecule has 2 fully saturated rings. The Bertz CT molecular complexity index is 529. The Morgan fingerprint density at radius 3 is 2.95 bits per heavy atom. The molecule has 0 radical (unpaired) electrons. The molecular formula is C15H21N3O2S. The van der Waals surface area contributed by atoms with Gasteiger partial charge in [0.1, 0.15) is 12.1 Å². The zero-order valence-corrected chi connectivity index (χ0v) is 13.2. The van der Waals surface area contributed by atoms with Crippen LogP contribution in [-0.4, -0.2) is 41.4 Å². The molecule has 2 N–H and O–H groups in total. The fourth-order valence-electron chi connectivity index (χ4n) is 3.08. The molecule has 3 rings (SSSR count). The summed E-state index contributed by atoms with van der Waals surface area (Å²) in [5, 5.41) is 8.39. The summed E-state index contributed by atoms with van der Waals surface area (Å²) in [5.74, 6) is 0.185. The van der Waals surface area contributed by atoms with E-state index in [2.05, 4.69) is 22.1 Å². The number of amides is 2. The Morgan fingerprint density at radius 1 is 1.48 bits per heavy atom. The van der Waals surface area contributed by atoms with Crippen LogP contribution < -0.4 is 10.6 Å². The average molecular weight is 307 g/mol. The molecular weight excluding hydrogens is 286 g/mol. The van der Waals surface area contributed by atoms with Crippen molar-refractivity contribution in [1.29, 1.82) is 0 Å². The van der Waals surface area contributed by atoms with Crippen molar-refractivity contribution in [3.05, 3.63) is 22.4 Å². The van der Waals surface area contributed by atoms with Gasteiger partial charge in [0.2, 0.25) is 11.8 Å². The molecule has 0 saturated carbocycles. The average Bonchev–Trinajstić information content (AvgIpc) is 3.09. The van der Waals surface area contributed by atoms with Crippen LogP contribution >= 0.6 is 11.3 Å². The van der Waals surface area contributed by atoms with Crippen molar-refractivity contribution >= 4 is 23.2 Å². The van der Waals surface area contributed by atoms with Gasteiger partial charge in [-0.05, 0) is 23.8 Å². The Kier molecular flexibility index (Phi) is 3.99. The molecule has 1 aromatic heterocycles. The summed E-state index contributed by atoms with van der Waals surface area (Å²) in [4.78, 5) is 27.7. The molecule has 0 aromatic carbocycles. The summed E-state index contributed by atoms with van der Waals surface area (Å²) in [6.07, 6.45) is 0.702. The Hall–Kier alpha value is -1.40. The topological polar surface area (TPSA) is 61.4 Å². The number of thiophene rings is 1. The largest absolute Gasteiger partial charge is 0.342 e. The molecule has 0 spiro atoms. The quantitative estimate of drug-likeness (QED) is 0.871. The maximum atomic E-state index is 12.5. The van der Waals surface area contributed by atoms with Crippen molar-refractivity contribution < 1.29 is 9.59 Å². The highest BCUT2D eigenvalue weighted by molar-refractivity contribution is 7.09. The molecule has 3 atom stereocenters. The van der Waals surface area contributed by atoms with Gasteiger partial charge in [-0.1, -0.05) is 19.9 Å². The van der Waals surface area contributed by atoms with E-state index in [4.69, 9.17) is 0 Å². The number of nitrogens with zero attached hydrogens (tertiary/aromatic N) is 1. The Labute approximate surface area is 128 Å². The molecule has 0 unspecified atom stereocenters. The van der Waals surface area contributed by atoms with E-state index >= 15 is 0 Å². The van der Waals surface area contributed by atoms with Gasteiger partial charge in [-0.3, -0.25) is 9.59 Å². The van der Waals surface area contributed by atoms with Gasteiger partial charge < -0.3 is 15.5 Å². The smallest absolute Gasteiger partial charge is 0.246 e. The zero-order chi connectivity index (χ0) is 15.0. The number of carbonyl (C=O) groups is 2. The van der Waals surface area contributed by atoms with Gasteiger partial charge in [0.15, 0.2) is 0 Å². The van der Waals surface area contributed by atoms with E-state index in [1.807, 2.05) is 19.9 Å². The molecule has 6 heteroatoms. The van der Waals surface area contributed by atoms with Crippen LogP contribution in [0.15, 0.2) is 17.5 Å². The first-order valence-electron chi connectivity index (χ1n) is 7.43. The molecule has 0 bridgehead atoms. The van der Waals surface area contributed by atoms with Gasteiger partial charge >= 0.3 is 0 Å². The van der Waals surface area contributed by atoms with Crippen LogP contribution in [0.25, 0.3) is 0 Å². The molecule has 2 saturated heterocycles. The third kappa shape index (κ3) is 2.82. The zero-order valence-electron chi connectivity index (χ0n) is 12.3. The lowest BCUT2D eigenvalue weighted by Gasteiger charge is -2.36. The number of hydrogen-bond donors (Lipinski definition) is 2. The van der Waals surface area contributed by atoms with Crippen molar-refractivity contribution in [3.63, 3.8) is 0 Å². The minimum atomic E-state index is -0.371. The van der Waals surface area contributed by atoms with E-state index in [0.29, 0.717) is 13.0 Å². The number of piperazine rings is 1. The summed E-state index contributed by atoms with van der Waals surface area (Å²) in [7, 11) is 0. The number of carbonyl (C=O) groups excluding carboxylic acids is 2. The third-order valence-electron chi connectivity index (χ3n) is 4.26. The van der Waals surface area contributed by atoms with E-state index in [0.717, 1.165) is 6.54 Å². The summed E-state index contributed by atoms with van der Waals surface area (Å²) in [5.41, 5.74) is 0. The van der Waals surface area contributed by atoms with Crippen molar-refractivity contribution in [2.24, 2.45) is 5.92 Å². The molecule has 2 amide bonds. The van der Waals surface area contributed by atoms with Crippen molar-refractivity contribution in [3.8, 4) is 0 Å². The monoisotopic (exact) mass is 307 g/mol. The van der Waals surface area contributed by atoms with Gasteiger partial charge in [0.25, 0.3) is 0 Å². The van der Waals surface area contributed by atoms with E-state index in [-0.39, 0.29) is 35.9 Å². The Morgan fingerprint density at radius 2 is 2.29 bits per heavy atom. The van der Waals surface area contributed by atoms with Crippen molar-refractivity contribution in [2.75, 3.05) is 6.54 Å².